The highest BCUT2D eigenvalue weighted by molar-refractivity contribution is 5.79. The van der Waals surface area contributed by atoms with E-state index in [0.717, 1.165) is 24.7 Å². The molecule has 4 saturated carbocycles. The Balaban J connectivity index is 1.54. The quantitative estimate of drug-likeness (QED) is 0.791. The number of amides is 1. The maximum atomic E-state index is 12.6. The molecule has 0 aromatic heterocycles. The Bertz CT molecular complexity index is 349. The number of rotatable bonds is 6. The molecule has 1 amide bonds. The molecule has 0 aromatic rings. The van der Waals surface area contributed by atoms with E-state index in [0.29, 0.717) is 24.3 Å². The van der Waals surface area contributed by atoms with Crippen LogP contribution in [0.25, 0.3) is 0 Å². The molecule has 120 valence electrons. The van der Waals surface area contributed by atoms with Crippen molar-refractivity contribution in [3.63, 3.8) is 0 Å². The molecule has 0 saturated heterocycles. The lowest BCUT2D eigenvalue weighted by Crippen LogP contribution is -2.52. The van der Waals surface area contributed by atoms with Gasteiger partial charge in [0, 0.05) is 12.5 Å². The summed E-state index contributed by atoms with van der Waals surface area (Å²) >= 11 is 0. The fraction of sp³-hybridized carbons (Fsp3) is 0.944. The number of carbonyl (C=O) groups excluding carboxylic acids is 1. The first kappa shape index (κ1) is 15.3. The Morgan fingerprint density at radius 1 is 1.05 bits per heavy atom. The van der Waals surface area contributed by atoms with E-state index in [1.165, 1.54) is 32.1 Å². The summed E-state index contributed by atoms with van der Waals surface area (Å²) in [7, 11) is 0. The summed E-state index contributed by atoms with van der Waals surface area (Å²) in [5, 5.41) is 13.3. The molecule has 0 heterocycles. The molecule has 4 rings (SSSR count). The molecule has 3 heteroatoms. The number of aliphatic hydroxyl groups excluding tert-OH is 1. The van der Waals surface area contributed by atoms with Gasteiger partial charge in [-0.15, -0.1) is 0 Å². The molecule has 3 nitrogen and oxygen atoms in total. The predicted molar refractivity (Wildman–Crippen MR) is 83.6 cm³/mol. The summed E-state index contributed by atoms with van der Waals surface area (Å²) in [5.41, 5.74) is 0. The van der Waals surface area contributed by atoms with Gasteiger partial charge in [-0.2, -0.15) is 0 Å². The average molecular weight is 293 g/mol. The van der Waals surface area contributed by atoms with Crippen LogP contribution in [0.15, 0.2) is 0 Å². The number of hydrogen-bond donors (Lipinski definition) is 2. The molecule has 4 bridgehead atoms. The molecule has 0 radical (unpaired) electrons. The molecule has 0 aliphatic heterocycles. The highest BCUT2D eigenvalue weighted by atomic mass is 16.3. The standard InChI is InChI=1S/C18H31NO2/c1-3-13(4-2)16(20)10-19-18(21)17-14-6-11-5-12(8-14)9-15(17)7-11/h11-17,20H,3-10H2,1-2H3,(H,19,21). The van der Waals surface area contributed by atoms with Crippen molar-refractivity contribution in [2.75, 3.05) is 6.54 Å². The Labute approximate surface area is 128 Å². The minimum atomic E-state index is -0.388. The van der Waals surface area contributed by atoms with Gasteiger partial charge in [-0.3, -0.25) is 4.79 Å². The second-order valence-electron chi connectivity index (χ2n) is 7.85. The molecule has 0 aromatic carbocycles. The van der Waals surface area contributed by atoms with Crippen molar-refractivity contribution in [2.24, 2.45) is 35.5 Å². The molecule has 4 aliphatic rings. The third-order valence-corrected chi connectivity index (χ3v) is 6.61. The van der Waals surface area contributed by atoms with Crippen LogP contribution in [0.5, 0.6) is 0 Å². The van der Waals surface area contributed by atoms with Crippen LogP contribution in [-0.4, -0.2) is 23.7 Å². The van der Waals surface area contributed by atoms with E-state index in [9.17, 15) is 9.90 Å². The molecule has 4 aliphatic carbocycles. The zero-order chi connectivity index (χ0) is 15.0. The maximum absolute atomic E-state index is 12.6. The second kappa shape index (κ2) is 6.28. The zero-order valence-corrected chi connectivity index (χ0v) is 13.6. The SMILES string of the molecule is CCC(CC)C(O)CNC(=O)C1C2CC3CC(C2)CC1C3. The van der Waals surface area contributed by atoms with Gasteiger partial charge >= 0.3 is 0 Å². The minimum Gasteiger partial charge on any atom is -0.391 e. The molecule has 1 unspecified atom stereocenters. The van der Waals surface area contributed by atoms with Crippen LogP contribution < -0.4 is 5.32 Å². The third-order valence-electron chi connectivity index (χ3n) is 6.61. The van der Waals surface area contributed by atoms with Crippen LogP contribution in [0.1, 0.15) is 58.8 Å². The third kappa shape index (κ3) is 2.99. The van der Waals surface area contributed by atoms with Gasteiger partial charge in [0.05, 0.1) is 6.10 Å². The lowest BCUT2D eigenvalue weighted by atomic mass is 9.51. The van der Waals surface area contributed by atoms with Crippen molar-refractivity contribution >= 4 is 5.91 Å². The summed E-state index contributed by atoms with van der Waals surface area (Å²) in [6, 6.07) is 0. The van der Waals surface area contributed by atoms with Crippen molar-refractivity contribution in [2.45, 2.75) is 64.9 Å². The number of hydrogen-bond acceptors (Lipinski definition) is 2. The van der Waals surface area contributed by atoms with E-state index >= 15 is 0 Å². The van der Waals surface area contributed by atoms with Crippen LogP contribution in [0, 0.1) is 35.5 Å². The Kier molecular flexibility index (Phi) is 4.58. The van der Waals surface area contributed by atoms with E-state index in [1.54, 1.807) is 0 Å². The molecule has 2 N–H and O–H groups in total. The highest BCUT2D eigenvalue weighted by Gasteiger charge is 2.50. The Morgan fingerprint density at radius 2 is 1.57 bits per heavy atom. The first-order valence-corrected chi connectivity index (χ1v) is 9.08. The van der Waals surface area contributed by atoms with Crippen molar-refractivity contribution in [1.29, 1.82) is 0 Å². The van der Waals surface area contributed by atoms with Crippen LogP contribution in [0.4, 0.5) is 0 Å². The van der Waals surface area contributed by atoms with Crippen molar-refractivity contribution in [1.82, 2.24) is 5.32 Å². The first-order chi connectivity index (χ1) is 10.1. The smallest absolute Gasteiger partial charge is 0.223 e. The van der Waals surface area contributed by atoms with E-state index in [4.69, 9.17) is 0 Å². The van der Waals surface area contributed by atoms with E-state index < -0.39 is 0 Å². The zero-order valence-electron chi connectivity index (χ0n) is 13.6. The molecule has 1 atom stereocenters. The van der Waals surface area contributed by atoms with Gasteiger partial charge in [-0.05, 0) is 61.7 Å². The van der Waals surface area contributed by atoms with Gasteiger partial charge in [0.1, 0.15) is 0 Å². The summed E-state index contributed by atoms with van der Waals surface area (Å²) in [6.07, 6.45) is 8.10. The van der Waals surface area contributed by atoms with Crippen molar-refractivity contribution in [3.8, 4) is 0 Å². The fourth-order valence-electron chi connectivity index (χ4n) is 5.68. The Hall–Kier alpha value is -0.570. The largest absolute Gasteiger partial charge is 0.391 e. The maximum Gasteiger partial charge on any atom is 0.223 e. The van der Waals surface area contributed by atoms with Gasteiger partial charge in [0.2, 0.25) is 5.91 Å². The van der Waals surface area contributed by atoms with Gasteiger partial charge in [0.25, 0.3) is 0 Å². The summed E-state index contributed by atoms with van der Waals surface area (Å²) in [5.74, 6) is 3.86. The number of nitrogens with one attached hydrogen (secondary N) is 1. The molecule has 21 heavy (non-hydrogen) atoms. The second-order valence-corrected chi connectivity index (χ2v) is 7.85. The minimum absolute atomic E-state index is 0.230. The fourth-order valence-corrected chi connectivity index (χ4v) is 5.68. The monoisotopic (exact) mass is 293 g/mol. The van der Waals surface area contributed by atoms with Crippen molar-refractivity contribution in [3.05, 3.63) is 0 Å². The predicted octanol–water partition coefficient (Wildman–Crippen LogP) is 2.97. The summed E-state index contributed by atoms with van der Waals surface area (Å²) < 4.78 is 0. The summed E-state index contributed by atoms with van der Waals surface area (Å²) in [6.45, 7) is 4.65. The average Bonchev–Trinajstić information content (AvgIpc) is 2.45. The van der Waals surface area contributed by atoms with Crippen LogP contribution >= 0.6 is 0 Å². The van der Waals surface area contributed by atoms with Gasteiger partial charge in [-0.1, -0.05) is 26.7 Å². The molecular weight excluding hydrogens is 262 g/mol. The number of aliphatic hydroxyl groups is 1. The first-order valence-electron chi connectivity index (χ1n) is 9.08. The van der Waals surface area contributed by atoms with E-state index in [-0.39, 0.29) is 17.9 Å². The Morgan fingerprint density at radius 3 is 2.05 bits per heavy atom. The highest BCUT2D eigenvalue weighted by Crippen LogP contribution is 2.56. The molecule has 0 spiro atoms. The van der Waals surface area contributed by atoms with Gasteiger partial charge in [0.15, 0.2) is 0 Å². The normalized spacial score (nSPS) is 38.8. The van der Waals surface area contributed by atoms with Crippen LogP contribution in [-0.2, 0) is 4.79 Å². The van der Waals surface area contributed by atoms with Crippen LogP contribution in [0.3, 0.4) is 0 Å². The summed E-state index contributed by atoms with van der Waals surface area (Å²) in [4.78, 5) is 12.6. The van der Waals surface area contributed by atoms with Gasteiger partial charge < -0.3 is 10.4 Å². The lowest BCUT2D eigenvalue weighted by molar-refractivity contribution is -0.138. The van der Waals surface area contributed by atoms with Crippen LogP contribution in [0.2, 0.25) is 0 Å². The van der Waals surface area contributed by atoms with Crippen molar-refractivity contribution < 1.29 is 9.90 Å². The van der Waals surface area contributed by atoms with E-state index in [2.05, 4.69) is 19.2 Å². The van der Waals surface area contributed by atoms with E-state index in [1.807, 2.05) is 0 Å². The topological polar surface area (TPSA) is 49.3 Å². The molecule has 4 fully saturated rings. The molecular formula is C18H31NO2. The lowest BCUT2D eigenvalue weighted by Gasteiger charge is -2.53. The van der Waals surface area contributed by atoms with Gasteiger partial charge in [-0.25, -0.2) is 0 Å². The number of carbonyl (C=O) groups is 1.